The van der Waals surface area contributed by atoms with Crippen molar-refractivity contribution in [2.75, 3.05) is 20.2 Å². The maximum atomic E-state index is 11.5. The van der Waals surface area contributed by atoms with E-state index in [1.165, 1.54) is 7.11 Å². The van der Waals surface area contributed by atoms with Crippen molar-refractivity contribution in [2.45, 2.75) is 18.9 Å². The lowest BCUT2D eigenvalue weighted by Crippen LogP contribution is -2.38. The molecule has 0 aromatic rings. The smallest absolute Gasteiger partial charge is 0.310 e. The Labute approximate surface area is 88.0 Å². The summed E-state index contributed by atoms with van der Waals surface area (Å²) in [6.07, 6.45) is 1.37. The molecular formula is C10H15NO4. The van der Waals surface area contributed by atoms with E-state index in [0.29, 0.717) is 6.42 Å². The number of fused-ring (bicyclic) bond motifs is 1. The van der Waals surface area contributed by atoms with Crippen LogP contribution in [0.15, 0.2) is 0 Å². The number of aliphatic carboxylic acids is 1. The predicted octanol–water partition coefficient (Wildman–Crippen LogP) is -0.0456. The van der Waals surface area contributed by atoms with Crippen LogP contribution in [-0.2, 0) is 14.3 Å². The molecule has 0 saturated carbocycles. The van der Waals surface area contributed by atoms with Gasteiger partial charge < -0.3 is 9.84 Å². The Morgan fingerprint density at radius 1 is 1.27 bits per heavy atom. The molecule has 0 aromatic heterocycles. The number of carbonyl (C=O) groups excluding carboxylic acids is 1. The number of esters is 1. The minimum Gasteiger partial charge on any atom is -0.481 e. The first kappa shape index (κ1) is 10.4. The predicted molar refractivity (Wildman–Crippen MR) is 51.2 cm³/mol. The van der Waals surface area contributed by atoms with Gasteiger partial charge in [0.2, 0.25) is 0 Å². The van der Waals surface area contributed by atoms with Gasteiger partial charge in [0.05, 0.1) is 18.9 Å². The summed E-state index contributed by atoms with van der Waals surface area (Å²) in [5.74, 6) is -1.72. The van der Waals surface area contributed by atoms with Crippen LogP contribution in [0.1, 0.15) is 12.8 Å². The van der Waals surface area contributed by atoms with Crippen molar-refractivity contribution in [3.8, 4) is 0 Å². The number of carboxylic acids is 1. The Balaban J connectivity index is 2.16. The van der Waals surface area contributed by atoms with E-state index in [9.17, 15) is 9.59 Å². The summed E-state index contributed by atoms with van der Waals surface area (Å²) in [5.41, 5.74) is 0. The van der Waals surface area contributed by atoms with Crippen molar-refractivity contribution in [1.29, 1.82) is 0 Å². The molecule has 5 nitrogen and oxygen atoms in total. The standard InChI is InChI=1S/C10H15NO4/c1-15-10(14)7-3-5-11-4-2-6(8(7)11)9(12)13/h6-8H,2-5H2,1H3,(H,12,13). The zero-order valence-corrected chi connectivity index (χ0v) is 8.68. The summed E-state index contributed by atoms with van der Waals surface area (Å²) in [7, 11) is 1.36. The molecule has 3 unspecified atom stereocenters. The normalized spacial score (nSPS) is 35.1. The summed E-state index contributed by atoms with van der Waals surface area (Å²) in [6.45, 7) is 1.60. The highest BCUT2D eigenvalue weighted by atomic mass is 16.5. The molecule has 0 bridgehead atoms. The van der Waals surface area contributed by atoms with Crippen molar-refractivity contribution in [1.82, 2.24) is 4.90 Å². The molecule has 2 saturated heterocycles. The summed E-state index contributed by atoms with van der Waals surface area (Å²) < 4.78 is 4.71. The van der Waals surface area contributed by atoms with E-state index < -0.39 is 11.9 Å². The number of hydrogen-bond acceptors (Lipinski definition) is 4. The van der Waals surface area contributed by atoms with Gasteiger partial charge in [-0.15, -0.1) is 0 Å². The molecular weight excluding hydrogens is 198 g/mol. The second-order valence-corrected chi connectivity index (χ2v) is 4.18. The zero-order chi connectivity index (χ0) is 11.0. The van der Waals surface area contributed by atoms with Crippen LogP contribution >= 0.6 is 0 Å². The van der Waals surface area contributed by atoms with Crippen LogP contribution in [0.5, 0.6) is 0 Å². The SMILES string of the molecule is COC(=O)C1CCN2CCC(C(=O)O)C12. The number of methoxy groups -OCH3 is 1. The lowest BCUT2D eigenvalue weighted by Gasteiger charge is -2.22. The van der Waals surface area contributed by atoms with Gasteiger partial charge in [0.25, 0.3) is 0 Å². The van der Waals surface area contributed by atoms with Gasteiger partial charge in [0, 0.05) is 6.04 Å². The van der Waals surface area contributed by atoms with E-state index in [4.69, 9.17) is 9.84 Å². The van der Waals surface area contributed by atoms with Crippen LogP contribution in [0.3, 0.4) is 0 Å². The molecule has 5 heteroatoms. The molecule has 2 aliphatic heterocycles. The Bertz CT molecular complexity index is 291. The highest BCUT2D eigenvalue weighted by molar-refractivity contribution is 5.77. The molecule has 0 amide bonds. The van der Waals surface area contributed by atoms with Crippen LogP contribution in [0.25, 0.3) is 0 Å². The lowest BCUT2D eigenvalue weighted by molar-refractivity contribution is -0.148. The van der Waals surface area contributed by atoms with Gasteiger partial charge in [-0.05, 0) is 25.9 Å². The maximum Gasteiger partial charge on any atom is 0.310 e. The van der Waals surface area contributed by atoms with E-state index in [1.54, 1.807) is 0 Å². The summed E-state index contributed by atoms with van der Waals surface area (Å²) in [6, 6.07) is -0.144. The molecule has 0 spiro atoms. The number of hydrogen-bond donors (Lipinski definition) is 1. The topological polar surface area (TPSA) is 66.8 Å². The Kier molecular flexibility index (Phi) is 2.65. The number of carbonyl (C=O) groups is 2. The molecule has 2 rings (SSSR count). The van der Waals surface area contributed by atoms with Crippen molar-refractivity contribution >= 4 is 11.9 Å². The third-order valence-corrected chi connectivity index (χ3v) is 3.52. The average Bonchev–Trinajstić information content (AvgIpc) is 2.75. The van der Waals surface area contributed by atoms with Crippen molar-refractivity contribution in [3.05, 3.63) is 0 Å². The van der Waals surface area contributed by atoms with Gasteiger partial charge >= 0.3 is 11.9 Å². The molecule has 0 aliphatic carbocycles. The van der Waals surface area contributed by atoms with Crippen LogP contribution in [0, 0.1) is 11.8 Å². The monoisotopic (exact) mass is 213 g/mol. The molecule has 0 radical (unpaired) electrons. The first-order chi connectivity index (χ1) is 7.15. The Morgan fingerprint density at radius 3 is 2.40 bits per heavy atom. The minimum absolute atomic E-state index is 0.144. The first-order valence-electron chi connectivity index (χ1n) is 5.20. The highest BCUT2D eigenvalue weighted by Crippen LogP contribution is 2.37. The quantitative estimate of drug-likeness (QED) is 0.652. The van der Waals surface area contributed by atoms with Crippen molar-refractivity contribution < 1.29 is 19.4 Å². The molecule has 2 aliphatic rings. The van der Waals surface area contributed by atoms with Crippen LogP contribution in [-0.4, -0.2) is 48.2 Å². The lowest BCUT2D eigenvalue weighted by atomic mass is 9.90. The van der Waals surface area contributed by atoms with Gasteiger partial charge in [-0.3, -0.25) is 14.5 Å². The molecule has 15 heavy (non-hydrogen) atoms. The second-order valence-electron chi connectivity index (χ2n) is 4.18. The maximum absolute atomic E-state index is 11.5. The van der Waals surface area contributed by atoms with Crippen molar-refractivity contribution in [2.24, 2.45) is 11.8 Å². The molecule has 1 N–H and O–H groups in total. The fourth-order valence-corrected chi connectivity index (χ4v) is 2.83. The first-order valence-corrected chi connectivity index (χ1v) is 5.20. The fourth-order valence-electron chi connectivity index (χ4n) is 2.83. The number of nitrogens with zero attached hydrogens (tertiary/aromatic N) is 1. The Morgan fingerprint density at radius 2 is 1.87 bits per heavy atom. The number of rotatable bonds is 2. The largest absolute Gasteiger partial charge is 0.481 e. The van der Waals surface area contributed by atoms with E-state index in [1.807, 2.05) is 0 Å². The number of carboxylic acid groups (broad SMARTS) is 1. The molecule has 2 heterocycles. The van der Waals surface area contributed by atoms with Crippen molar-refractivity contribution in [3.63, 3.8) is 0 Å². The van der Waals surface area contributed by atoms with Gasteiger partial charge in [0.1, 0.15) is 0 Å². The van der Waals surface area contributed by atoms with Crippen LogP contribution in [0.2, 0.25) is 0 Å². The van der Waals surface area contributed by atoms with Gasteiger partial charge in [-0.1, -0.05) is 0 Å². The summed E-state index contributed by atoms with van der Waals surface area (Å²) in [4.78, 5) is 24.6. The third-order valence-electron chi connectivity index (χ3n) is 3.52. The van der Waals surface area contributed by atoms with Crippen LogP contribution in [0.4, 0.5) is 0 Å². The highest BCUT2D eigenvalue weighted by Gasteiger charge is 2.49. The van der Waals surface area contributed by atoms with Gasteiger partial charge in [-0.2, -0.15) is 0 Å². The summed E-state index contributed by atoms with van der Waals surface area (Å²) in [5, 5.41) is 9.05. The molecule has 2 fully saturated rings. The Hall–Kier alpha value is -1.10. The van der Waals surface area contributed by atoms with E-state index in [-0.39, 0.29) is 17.9 Å². The van der Waals surface area contributed by atoms with E-state index in [0.717, 1.165) is 19.5 Å². The molecule has 3 atom stereocenters. The average molecular weight is 213 g/mol. The zero-order valence-electron chi connectivity index (χ0n) is 8.68. The summed E-state index contributed by atoms with van der Waals surface area (Å²) >= 11 is 0. The van der Waals surface area contributed by atoms with Gasteiger partial charge in [-0.25, -0.2) is 0 Å². The third kappa shape index (κ3) is 1.61. The molecule has 0 aromatic carbocycles. The fraction of sp³-hybridized carbons (Fsp3) is 0.800. The van der Waals surface area contributed by atoms with Gasteiger partial charge in [0.15, 0.2) is 0 Å². The van der Waals surface area contributed by atoms with E-state index in [2.05, 4.69) is 4.90 Å². The molecule has 84 valence electrons. The van der Waals surface area contributed by atoms with Crippen LogP contribution < -0.4 is 0 Å². The second kappa shape index (κ2) is 3.81. The minimum atomic E-state index is -0.793. The van der Waals surface area contributed by atoms with E-state index >= 15 is 0 Å². The number of ether oxygens (including phenoxy) is 1.